The van der Waals surface area contributed by atoms with Crippen molar-refractivity contribution >= 4 is 10.8 Å². The highest BCUT2D eigenvalue weighted by molar-refractivity contribution is 5.92. The summed E-state index contributed by atoms with van der Waals surface area (Å²) < 4.78 is 1.95. The summed E-state index contributed by atoms with van der Waals surface area (Å²) in [6.07, 6.45) is 1.91. The van der Waals surface area contributed by atoms with Crippen LogP contribution in [0.1, 0.15) is 5.56 Å². The van der Waals surface area contributed by atoms with Gasteiger partial charge in [0.25, 0.3) is 0 Å². The van der Waals surface area contributed by atoms with Crippen molar-refractivity contribution in [1.29, 1.82) is 0 Å². The van der Waals surface area contributed by atoms with Gasteiger partial charge in [-0.25, -0.2) is 0 Å². The van der Waals surface area contributed by atoms with Crippen LogP contribution < -0.4 is 4.68 Å². The van der Waals surface area contributed by atoms with Crippen LogP contribution in [0.4, 0.5) is 0 Å². The van der Waals surface area contributed by atoms with Crippen LogP contribution in [0.2, 0.25) is 0 Å². The van der Waals surface area contributed by atoms with Crippen LogP contribution in [0.25, 0.3) is 22.0 Å². The zero-order chi connectivity index (χ0) is 12.5. The smallest absolute Gasteiger partial charge is 0.0858 e. The molecule has 1 heterocycles. The van der Waals surface area contributed by atoms with E-state index in [1.54, 1.807) is 0 Å². The zero-order valence-electron chi connectivity index (χ0n) is 10.6. The van der Waals surface area contributed by atoms with Crippen LogP contribution in [0.15, 0.2) is 54.7 Å². The highest BCUT2D eigenvalue weighted by Gasteiger charge is 2.17. The molecule has 18 heavy (non-hydrogen) atoms. The molecule has 0 aliphatic heterocycles. The third-order valence-corrected chi connectivity index (χ3v) is 3.31. The first-order valence-electron chi connectivity index (χ1n) is 6.07. The molecule has 0 saturated heterocycles. The number of hydrogen-bond donors (Lipinski definition) is 0. The van der Waals surface area contributed by atoms with E-state index in [1.165, 1.54) is 27.6 Å². The molecular weight excluding hydrogens is 220 g/mol. The van der Waals surface area contributed by atoms with Gasteiger partial charge in [0, 0.05) is 5.39 Å². The molecule has 0 aliphatic carbocycles. The molecule has 0 aliphatic rings. The normalized spacial score (nSPS) is 10.8. The lowest BCUT2D eigenvalue weighted by atomic mass is 10.0. The van der Waals surface area contributed by atoms with Crippen LogP contribution >= 0.6 is 0 Å². The maximum absolute atomic E-state index is 4.44. The van der Waals surface area contributed by atoms with Gasteiger partial charge in [0.1, 0.15) is 6.20 Å². The lowest BCUT2D eigenvalue weighted by Gasteiger charge is -2.05. The van der Waals surface area contributed by atoms with Crippen molar-refractivity contribution in [3.05, 3.63) is 60.3 Å². The third kappa shape index (κ3) is 1.66. The highest BCUT2D eigenvalue weighted by atomic mass is 15.2. The Morgan fingerprint density at radius 1 is 0.944 bits per heavy atom. The van der Waals surface area contributed by atoms with Crippen molar-refractivity contribution in [1.82, 2.24) is 5.10 Å². The monoisotopic (exact) mass is 235 g/mol. The molecule has 2 aromatic carbocycles. The van der Waals surface area contributed by atoms with E-state index >= 15 is 0 Å². The Labute approximate surface area is 107 Å². The van der Waals surface area contributed by atoms with Gasteiger partial charge in [-0.05, 0) is 29.7 Å². The van der Waals surface area contributed by atoms with Gasteiger partial charge in [0.15, 0.2) is 7.05 Å². The van der Waals surface area contributed by atoms with Gasteiger partial charge in [-0.15, -0.1) is 0 Å². The van der Waals surface area contributed by atoms with Crippen molar-refractivity contribution in [2.45, 2.75) is 6.92 Å². The summed E-state index contributed by atoms with van der Waals surface area (Å²) in [5, 5.41) is 6.86. The quantitative estimate of drug-likeness (QED) is 0.592. The highest BCUT2D eigenvalue weighted by Crippen LogP contribution is 2.26. The number of rotatable bonds is 1. The lowest BCUT2D eigenvalue weighted by molar-refractivity contribution is -0.719. The lowest BCUT2D eigenvalue weighted by Crippen LogP contribution is -2.35. The first kappa shape index (κ1) is 10.9. The Morgan fingerprint density at radius 2 is 1.67 bits per heavy atom. The van der Waals surface area contributed by atoms with Crippen LogP contribution in [0, 0.1) is 6.92 Å². The summed E-state index contributed by atoms with van der Waals surface area (Å²) in [7, 11) is 1.99. The molecule has 0 amide bonds. The molecule has 3 aromatic rings. The van der Waals surface area contributed by atoms with E-state index in [4.69, 9.17) is 0 Å². The van der Waals surface area contributed by atoms with Crippen molar-refractivity contribution < 1.29 is 4.68 Å². The fourth-order valence-electron chi connectivity index (χ4n) is 2.36. The summed E-state index contributed by atoms with van der Waals surface area (Å²) in [6.45, 7) is 2.14. The third-order valence-electron chi connectivity index (χ3n) is 3.31. The Morgan fingerprint density at radius 3 is 2.50 bits per heavy atom. The molecule has 0 radical (unpaired) electrons. The van der Waals surface area contributed by atoms with Gasteiger partial charge in [0.2, 0.25) is 5.69 Å². The van der Waals surface area contributed by atoms with Crippen molar-refractivity contribution in [2.24, 2.45) is 7.05 Å². The molecule has 0 N–H and O–H groups in total. The largest absolute Gasteiger partial charge is 0.246 e. The molecule has 0 spiro atoms. The van der Waals surface area contributed by atoms with Crippen LogP contribution in [-0.4, -0.2) is 5.10 Å². The molecule has 0 saturated carbocycles. The first-order chi connectivity index (χ1) is 8.77. The minimum absolute atomic E-state index is 1.17. The van der Waals surface area contributed by atoms with E-state index in [0.717, 1.165) is 0 Å². The van der Waals surface area contributed by atoms with Crippen LogP contribution in [0.3, 0.4) is 0 Å². The van der Waals surface area contributed by atoms with E-state index in [1.807, 2.05) is 24.0 Å². The van der Waals surface area contributed by atoms with Crippen molar-refractivity contribution in [3.8, 4) is 11.3 Å². The van der Waals surface area contributed by atoms with Gasteiger partial charge < -0.3 is 0 Å². The zero-order valence-corrected chi connectivity index (χ0v) is 10.6. The fourth-order valence-corrected chi connectivity index (χ4v) is 2.36. The van der Waals surface area contributed by atoms with E-state index in [0.29, 0.717) is 0 Å². The summed E-state index contributed by atoms with van der Waals surface area (Å²) in [5.41, 5.74) is 3.68. The van der Waals surface area contributed by atoms with Crippen molar-refractivity contribution in [2.75, 3.05) is 0 Å². The summed E-state index contributed by atoms with van der Waals surface area (Å²) >= 11 is 0. The molecular formula is C16H15N2+. The van der Waals surface area contributed by atoms with E-state index in [2.05, 4.69) is 54.5 Å². The number of fused-ring (bicyclic) bond motifs is 1. The Kier molecular flexibility index (Phi) is 2.56. The SMILES string of the molecule is Cc1ccccc1-c1c2ccccc2cn[n+]1C. The topological polar surface area (TPSA) is 16.8 Å². The molecule has 2 heteroatoms. The molecule has 0 bridgehead atoms. The molecule has 0 unspecified atom stereocenters. The second-order valence-corrected chi connectivity index (χ2v) is 4.52. The molecule has 0 fully saturated rings. The van der Waals surface area contributed by atoms with E-state index in [-0.39, 0.29) is 0 Å². The minimum atomic E-state index is 1.17. The molecule has 3 rings (SSSR count). The number of hydrogen-bond acceptors (Lipinski definition) is 1. The maximum atomic E-state index is 4.44. The number of benzene rings is 2. The van der Waals surface area contributed by atoms with Gasteiger partial charge >= 0.3 is 0 Å². The van der Waals surface area contributed by atoms with E-state index < -0.39 is 0 Å². The van der Waals surface area contributed by atoms with E-state index in [9.17, 15) is 0 Å². The second-order valence-electron chi connectivity index (χ2n) is 4.52. The maximum Gasteiger partial charge on any atom is 0.246 e. The van der Waals surface area contributed by atoms with Gasteiger partial charge in [-0.1, -0.05) is 41.1 Å². The summed E-state index contributed by atoms with van der Waals surface area (Å²) in [5.74, 6) is 0. The van der Waals surface area contributed by atoms with Crippen molar-refractivity contribution in [3.63, 3.8) is 0 Å². The van der Waals surface area contributed by atoms with Gasteiger partial charge in [-0.2, -0.15) is 0 Å². The standard InChI is InChI=1S/C16H15N2/c1-12-7-3-5-9-14(12)16-15-10-6-4-8-13(15)11-17-18(16)2/h3-11H,1-2H3/q+1. The summed E-state index contributed by atoms with van der Waals surface area (Å²) in [4.78, 5) is 0. The molecule has 2 nitrogen and oxygen atoms in total. The number of nitrogens with zero attached hydrogens (tertiary/aromatic N) is 2. The van der Waals surface area contributed by atoms with Crippen LogP contribution in [-0.2, 0) is 7.05 Å². The predicted molar refractivity (Wildman–Crippen MR) is 73.1 cm³/mol. The number of aromatic nitrogens is 2. The van der Waals surface area contributed by atoms with Crippen LogP contribution in [0.5, 0.6) is 0 Å². The van der Waals surface area contributed by atoms with Gasteiger partial charge in [0.05, 0.1) is 10.9 Å². The molecule has 0 atom stereocenters. The summed E-state index contributed by atoms with van der Waals surface area (Å²) in [6, 6.07) is 16.8. The number of aryl methyl sites for hydroxylation is 2. The minimum Gasteiger partial charge on any atom is -0.0858 e. The predicted octanol–water partition coefficient (Wildman–Crippen LogP) is 3.03. The van der Waals surface area contributed by atoms with Gasteiger partial charge in [-0.3, -0.25) is 0 Å². The Hall–Kier alpha value is -2.22. The molecule has 1 aromatic heterocycles. The Bertz CT molecular complexity index is 717. The second kappa shape index (κ2) is 4.22. The Balaban J connectivity index is 2.42. The molecule has 88 valence electrons. The average Bonchev–Trinajstić information content (AvgIpc) is 2.40. The average molecular weight is 235 g/mol. The first-order valence-corrected chi connectivity index (χ1v) is 6.07. The fraction of sp³-hybridized carbons (Fsp3) is 0.125.